The third-order valence-electron chi connectivity index (χ3n) is 5.36. The minimum Gasteiger partial charge on any atom is -0.337 e. The Hall–Kier alpha value is -2.82. The van der Waals surface area contributed by atoms with Gasteiger partial charge in [-0.25, -0.2) is 4.98 Å². The van der Waals surface area contributed by atoms with Gasteiger partial charge >= 0.3 is 0 Å². The average molecular weight is 360 g/mol. The number of amides is 1. The van der Waals surface area contributed by atoms with Crippen LogP contribution in [0.5, 0.6) is 0 Å². The van der Waals surface area contributed by atoms with Crippen molar-refractivity contribution >= 4 is 16.8 Å². The molecular formula is C22H24N4O. The van der Waals surface area contributed by atoms with E-state index in [0.29, 0.717) is 11.6 Å². The Kier molecular flexibility index (Phi) is 5.10. The van der Waals surface area contributed by atoms with Crippen LogP contribution >= 0.6 is 0 Å². The summed E-state index contributed by atoms with van der Waals surface area (Å²) in [6.07, 6.45) is 9.28. The molecule has 3 aromatic rings. The summed E-state index contributed by atoms with van der Waals surface area (Å²) in [5.41, 5.74) is 3.68. The first-order chi connectivity index (χ1) is 13.2. The molecule has 1 aromatic carbocycles. The Morgan fingerprint density at radius 1 is 1.07 bits per heavy atom. The van der Waals surface area contributed by atoms with Gasteiger partial charge in [-0.2, -0.15) is 0 Å². The van der Waals surface area contributed by atoms with Crippen LogP contribution in [-0.4, -0.2) is 38.8 Å². The van der Waals surface area contributed by atoms with E-state index >= 15 is 0 Å². The van der Waals surface area contributed by atoms with Gasteiger partial charge in [-0.3, -0.25) is 14.8 Å². The zero-order chi connectivity index (χ0) is 18.6. The van der Waals surface area contributed by atoms with E-state index in [9.17, 15) is 4.79 Å². The molecule has 0 saturated carbocycles. The molecule has 0 bridgehead atoms. The molecule has 5 heteroatoms. The maximum Gasteiger partial charge on any atom is 0.274 e. The van der Waals surface area contributed by atoms with E-state index in [4.69, 9.17) is 0 Å². The minimum absolute atomic E-state index is 0.00465. The number of benzene rings is 1. The first-order valence-electron chi connectivity index (χ1n) is 9.61. The number of rotatable bonds is 3. The topological polar surface area (TPSA) is 59.0 Å². The highest BCUT2D eigenvalue weighted by Crippen LogP contribution is 2.25. The van der Waals surface area contributed by atoms with Crippen LogP contribution in [0.15, 0.2) is 48.9 Å². The van der Waals surface area contributed by atoms with E-state index in [0.717, 1.165) is 50.0 Å². The first kappa shape index (κ1) is 17.6. The van der Waals surface area contributed by atoms with Crippen LogP contribution in [0.3, 0.4) is 0 Å². The maximum atomic E-state index is 12.7. The van der Waals surface area contributed by atoms with Gasteiger partial charge in [0.05, 0.1) is 17.4 Å². The lowest BCUT2D eigenvalue weighted by Crippen LogP contribution is -2.32. The van der Waals surface area contributed by atoms with Gasteiger partial charge in [-0.1, -0.05) is 24.3 Å². The minimum atomic E-state index is -0.00465. The molecule has 0 spiro atoms. The molecule has 1 saturated heterocycles. The highest BCUT2D eigenvalue weighted by Gasteiger charge is 2.23. The second-order valence-corrected chi connectivity index (χ2v) is 7.33. The quantitative estimate of drug-likeness (QED) is 0.712. The van der Waals surface area contributed by atoms with E-state index in [1.807, 2.05) is 24.1 Å². The highest BCUT2D eigenvalue weighted by atomic mass is 16.2. The van der Waals surface area contributed by atoms with Crippen molar-refractivity contribution in [3.63, 3.8) is 0 Å². The van der Waals surface area contributed by atoms with Crippen LogP contribution in [-0.2, 0) is 6.42 Å². The molecule has 1 aliphatic heterocycles. The standard InChI is InChI=1S/C22H24N4O/c1-16-14-25-20(15-24-16)22(27)26-11-4-5-17(9-12-26)13-19-7-2-6-18-8-3-10-23-21(18)19/h2-3,6-8,10,14-15,17H,4-5,9,11-13H2,1H3/t17-/m1/s1. The molecule has 0 N–H and O–H groups in total. The van der Waals surface area contributed by atoms with Crippen LogP contribution in [0.25, 0.3) is 10.9 Å². The molecule has 27 heavy (non-hydrogen) atoms. The van der Waals surface area contributed by atoms with Crippen molar-refractivity contribution in [1.29, 1.82) is 0 Å². The van der Waals surface area contributed by atoms with Gasteiger partial charge in [0, 0.05) is 30.9 Å². The largest absolute Gasteiger partial charge is 0.337 e. The van der Waals surface area contributed by atoms with Crippen LogP contribution in [0.1, 0.15) is 41.0 Å². The Labute approximate surface area is 159 Å². The van der Waals surface area contributed by atoms with Gasteiger partial charge in [-0.05, 0) is 50.2 Å². The predicted octanol–water partition coefficient (Wildman–Crippen LogP) is 3.82. The summed E-state index contributed by atoms with van der Waals surface area (Å²) in [6.45, 7) is 3.44. The van der Waals surface area contributed by atoms with Gasteiger partial charge in [-0.15, -0.1) is 0 Å². The number of hydrogen-bond donors (Lipinski definition) is 0. The van der Waals surface area contributed by atoms with Gasteiger partial charge in [0.15, 0.2) is 0 Å². The summed E-state index contributed by atoms with van der Waals surface area (Å²) >= 11 is 0. The van der Waals surface area contributed by atoms with E-state index in [1.54, 1.807) is 12.4 Å². The van der Waals surface area contributed by atoms with Gasteiger partial charge < -0.3 is 4.90 Å². The fraction of sp³-hybridized carbons (Fsp3) is 0.364. The van der Waals surface area contributed by atoms with Crippen molar-refractivity contribution in [2.24, 2.45) is 5.92 Å². The number of nitrogens with zero attached hydrogens (tertiary/aromatic N) is 4. The summed E-state index contributed by atoms with van der Waals surface area (Å²) in [5.74, 6) is 0.564. The van der Waals surface area contributed by atoms with E-state index in [2.05, 4.69) is 39.2 Å². The normalized spacial score (nSPS) is 17.7. The lowest BCUT2D eigenvalue weighted by Gasteiger charge is -2.20. The average Bonchev–Trinajstić information content (AvgIpc) is 2.94. The van der Waals surface area contributed by atoms with Gasteiger partial charge in [0.2, 0.25) is 0 Å². The lowest BCUT2D eigenvalue weighted by molar-refractivity contribution is 0.0753. The van der Waals surface area contributed by atoms with E-state index in [-0.39, 0.29) is 5.91 Å². The third kappa shape index (κ3) is 3.97. The molecule has 0 aliphatic carbocycles. The smallest absolute Gasteiger partial charge is 0.274 e. The van der Waals surface area contributed by atoms with E-state index in [1.165, 1.54) is 10.9 Å². The van der Waals surface area contributed by atoms with E-state index < -0.39 is 0 Å². The number of para-hydroxylation sites is 1. The van der Waals surface area contributed by atoms with Crippen molar-refractivity contribution in [2.45, 2.75) is 32.6 Å². The number of fused-ring (bicyclic) bond motifs is 1. The molecule has 138 valence electrons. The van der Waals surface area contributed by atoms with Crippen LogP contribution in [0.4, 0.5) is 0 Å². The molecule has 1 fully saturated rings. The number of carbonyl (C=O) groups excluding carboxylic acids is 1. The Balaban J connectivity index is 1.44. The second kappa shape index (κ2) is 7.82. The Morgan fingerprint density at radius 2 is 1.96 bits per heavy atom. The molecule has 1 amide bonds. The highest BCUT2D eigenvalue weighted by molar-refractivity contribution is 5.92. The van der Waals surface area contributed by atoms with Gasteiger partial charge in [0.1, 0.15) is 5.69 Å². The summed E-state index contributed by atoms with van der Waals surface area (Å²) in [7, 11) is 0. The van der Waals surface area contributed by atoms with Crippen molar-refractivity contribution < 1.29 is 4.79 Å². The summed E-state index contributed by atoms with van der Waals surface area (Å²) in [5, 5.41) is 1.19. The molecule has 2 aromatic heterocycles. The number of aryl methyl sites for hydroxylation is 1. The number of pyridine rings is 1. The summed E-state index contributed by atoms with van der Waals surface area (Å²) in [4.78, 5) is 27.7. The molecule has 1 aliphatic rings. The SMILES string of the molecule is Cc1cnc(C(=O)N2CCC[C@@H](Cc3cccc4cccnc34)CC2)cn1. The fourth-order valence-corrected chi connectivity index (χ4v) is 3.88. The monoisotopic (exact) mass is 360 g/mol. The molecule has 0 radical (unpaired) electrons. The summed E-state index contributed by atoms with van der Waals surface area (Å²) < 4.78 is 0. The lowest BCUT2D eigenvalue weighted by atomic mass is 9.91. The Bertz CT molecular complexity index is 933. The molecule has 3 heterocycles. The zero-order valence-electron chi connectivity index (χ0n) is 15.6. The van der Waals surface area contributed by atoms with Crippen molar-refractivity contribution in [2.75, 3.05) is 13.1 Å². The third-order valence-corrected chi connectivity index (χ3v) is 5.36. The molecule has 5 nitrogen and oxygen atoms in total. The molecule has 0 unspecified atom stereocenters. The second-order valence-electron chi connectivity index (χ2n) is 7.33. The van der Waals surface area contributed by atoms with Crippen LogP contribution < -0.4 is 0 Å². The number of carbonyl (C=O) groups is 1. The van der Waals surface area contributed by atoms with Gasteiger partial charge in [0.25, 0.3) is 5.91 Å². The molecule has 4 rings (SSSR count). The first-order valence-corrected chi connectivity index (χ1v) is 9.61. The van der Waals surface area contributed by atoms with Crippen molar-refractivity contribution in [3.05, 3.63) is 65.9 Å². The maximum absolute atomic E-state index is 12.7. The molecule has 1 atom stereocenters. The van der Waals surface area contributed by atoms with Crippen LogP contribution in [0, 0.1) is 12.8 Å². The summed E-state index contributed by atoms with van der Waals surface area (Å²) in [6, 6.07) is 10.5. The predicted molar refractivity (Wildman–Crippen MR) is 105 cm³/mol. The number of aromatic nitrogens is 3. The molecular weight excluding hydrogens is 336 g/mol. The van der Waals surface area contributed by atoms with Crippen molar-refractivity contribution in [1.82, 2.24) is 19.9 Å². The number of likely N-dealkylation sites (tertiary alicyclic amines) is 1. The van der Waals surface area contributed by atoms with Crippen molar-refractivity contribution in [3.8, 4) is 0 Å². The van der Waals surface area contributed by atoms with Crippen LogP contribution in [0.2, 0.25) is 0 Å². The zero-order valence-corrected chi connectivity index (χ0v) is 15.6. The fourth-order valence-electron chi connectivity index (χ4n) is 3.88. The Morgan fingerprint density at radius 3 is 2.81 bits per heavy atom. The number of hydrogen-bond acceptors (Lipinski definition) is 4.